The fourth-order valence-electron chi connectivity index (χ4n) is 1.38. The number of hydrogen-bond donors (Lipinski definition) is 2. The van der Waals surface area contributed by atoms with E-state index < -0.39 is 17.9 Å². The summed E-state index contributed by atoms with van der Waals surface area (Å²) in [4.78, 5) is 30.9. The van der Waals surface area contributed by atoms with E-state index in [1.807, 2.05) is 13.8 Å². The molecule has 0 aliphatic rings. The van der Waals surface area contributed by atoms with E-state index >= 15 is 0 Å². The van der Waals surface area contributed by atoms with Crippen LogP contribution >= 0.6 is 11.6 Å². The summed E-state index contributed by atoms with van der Waals surface area (Å²) in [5, 5.41) is 11.4. The average molecular weight is 286 g/mol. The van der Waals surface area contributed by atoms with Gasteiger partial charge in [0.25, 0.3) is 5.91 Å². The van der Waals surface area contributed by atoms with E-state index in [2.05, 4.69) is 15.3 Å². The predicted octanol–water partition coefficient (Wildman–Crippen LogP) is 1.85. The Hall–Kier alpha value is -1.69. The first-order chi connectivity index (χ1) is 8.86. The molecule has 1 aromatic heterocycles. The third-order valence-electron chi connectivity index (χ3n) is 2.51. The molecule has 0 unspecified atom stereocenters. The third kappa shape index (κ3) is 3.89. The van der Waals surface area contributed by atoms with Gasteiger partial charge in [-0.1, -0.05) is 32.4 Å². The molecule has 19 heavy (non-hydrogen) atoms. The highest BCUT2D eigenvalue weighted by atomic mass is 35.5. The first-order valence-electron chi connectivity index (χ1n) is 5.92. The molecule has 1 amide bonds. The number of aliphatic carboxylic acids is 1. The number of carbonyl (C=O) groups excluding carboxylic acids is 1. The Morgan fingerprint density at radius 2 is 2.11 bits per heavy atom. The molecule has 1 aromatic rings. The van der Waals surface area contributed by atoms with Crippen LogP contribution in [-0.2, 0) is 4.79 Å². The standard InChI is InChI=1S/C12H16ClN3O3/c1-4-8(12(18)19)15-11(17)9-7(13)5-14-10(16-9)6(2)3/h5-6,8H,4H2,1-3H3,(H,15,17)(H,18,19)/t8-/m0/s1. The molecule has 1 heterocycles. The molecule has 0 bridgehead atoms. The highest BCUT2D eigenvalue weighted by Gasteiger charge is 2.22. The number of aromatic nitrogens is 2. The van der Waals surface area contributed by atoms with Gasteiger partial charge in [0.15, 0.2) is 0 Å². The van der Waals surface area contributed by atoms with Crippen LogP contribution in [0.1, 0.15) is 49.4 Å². The van der Waals surface area contributed by atoms with Gasteiger partial charge in [0.05, 0.1) is 11.2 Å². The normalized spacial score (nSPS) is 12.3. The van der Waals surface area contributed by atoms with Crippen molar-refractivity contribution in [1.82, 2.24) is 15.3 Å². The smallest absolute Gasteiger partial charge is 0.326 e. The maximum Gasteiger partial charge on any atom is 0.326 e. The van der Waals surface area contributed by atoms with Crippen molar-refractivity contribution in [2.75, 3.05) is 0 Å². The number of rotatable bonds is 5. The summed E-state index contributed by atoms with van der Waals surface area (Å²) in [7, 11) is 0. The summed E-state index contributed by atoms with van der Waals surface area (Å²) >= 11 is 5.87. The number of carboxylic acid groups (broad SMARTS) is 1. The van der Waals surface area contributed by atoms with Gasteiger partial charge in [-0.3, -0.25) is 4.79 Å². The topological polar surface area (TPSA) is 92.2 Å². The number of carboxylic acids is 1. The molecule has 7 heteroatoms. The fraction of sp³-hybridized carbons (Fsp3) is 0.500. The Morgan fingerprint density at radius 1 is 1.47 bits per heavy atom. The highest BCUT2D eigenvalue weighted by Crippen LogP contribution is 2.16. The second kappa shape index (κ2) is 6.47. The van der Waals surface area contributed by atoms with Gasteiger partial charge in [-0.05, 0) is 6.42 Å². The van der Waals surface area contributed by atoms with E-state index in [4.69, 9.17) is 16.7 Å². The van der Waals surface area contributed by atoms with E-state index in [0.29, 0.717) is 5.82 Å². The molecule has 0 fully saturated rings. The van der Waals surface area contributed by atoms with Crippen LogP contribution < -0.4 is 5.32 Å². The predicted molar refractivity (Wildman–Crippen MR) is 70.3 cm³/mol. The van der Waals surface area contributed by atoms with Gasteiger partial charge in [0.1, 0.15) is 17.6 Å². The summed E-state index contributed by atoms with van der Waals surface area (Å²) in [6, 6.07) is -0.957. The zero-order chi connectivity index (χ0) is 14.6. The second-order valence-corrected chi connectivity index (χ2v) is 4.76. The number of nitrogens with one attached hydrogen (secondary N) is 1. The number of amides is 1. The lowest BCUT2D eigenvalue weighted by molar-refractivity contribution is -0.139. The van der Waals surface area contributed by atoms with Crippen LogP contribution in [0.3, 0.4) is 0 Å². The monoisotopic (exact) mass is 285 g/mol. The number of halogens is 1. The SMILES string of the molecule is CC[C@H](NC(=O)c1nc(C(C)C)ncc1Cl)C(=O)O. The molecular formula is C12H16ClN3O3. The Morgan fingerprint density at radius 3 is 2.58 bits per heavy atom. The third-order valence-corrected chi connectivity index (χ3v) is 2.78. The van der Waals surface area contributed by atoms with Crippen molar-refractivity contribution in [2.24, 2.45) is 0 Å². The van der Waals surface area contributed by atoms with Crippen LogP contribution in [0, 0.1) is 0 Å². The van der Waals surface area contributed by atoms with Crippen molar-refractivity contribution >= 4 is 23.5 Å². The van der Waals surface area contributed by atoms with Crippen LogP contribution in [0.15, 0.2) is 6.20 Å². The van der Waals surface area contributed by atoms with E-state index in [9.17, 15) is 9.59 Å². The van der Waals surface area contributed by atoms with Crippen LogP contribution in [0.4, 0.5) is 0 Å². The van der Waals surface area contributed by atoms with Gasteiger partial charge < -0.3 is 10.4 Å². The molecule has 1 atom stereocenters. The molecule has 0 radical (unpaired) electrons. The lowest BCUT2D eigenvalue weighted by Gasteiger charge is -2.13. The maximum atomic E-state index is 12.0. The quantitative estimate of drug-likeness (QED) is 0.861. The van der Waals surface area contributed by atoms with Crippen LogP contribution in [-0.4, -0.2) is 33.0 Å². The zero-order valence-corrected chi connectivity index (χ0v) is 11.7. The fourth-order valence-corrected chi connectivity index (χ4v) is 1.56. The first-order valence-corrected chi connectivity index (χ1v) is 6.30. The van der Waals surface area contributed by atoms with E-state index in [0.717, 1.165) is 0 Å². The summed E-state index contributed by atoms with van der Waals surface area (Å²) in [6.45, 7) is 5.44. The van der Waals surface area contributed by atoms with E-state index in [1.165, 1.54) is 6.20 Å². The van der Waals surface area contributed by atoms with Crippen molar-refractivity contribution in [2.45, 2.75) is 39.2 Å². The molecule has 6 nitrogen and oxygen atoms in total. The number of nitrogens with zero attached hydrogens (tertiary/aromatic N) is 2. The number of hydrogen-bond acceptors (Lipinski definition) is 4. The van der Waals surface area contributed by atoms with Gasteiger partial charge >= 0.3 is 5.97 Å². The minimum Gasteiger partial charge on any atom is -0.480 e. The molecular weight excluding hydrogens is 270 g/mol. The summed E-state index contributed by atoms with van der Waals surface area (Å²) in [6.07, 6.45) is 1.63. The van der Waals surface area contributed by atoms with Crippen LogP contribution in [0.5, 0.6) is 0 Å². The van der Waals surface area contributed by atoms with Crippen LogP contribution in [0.25, 0.3) is 0 Å². The van der Waals surface area contributed by atoms with Gasteiger partial charge in [-0.25, -0.2) is 14.8 Å². The van der Waals surface area contributed by atoms with Gasteiger partial charge in [0, 0.05) is 5.92 Å². The summed E-state index contributed by atoms with van der Waals surface area (Å²) in [5.74, 6) is -1.17. The molecule has 2 N–H and O–H groups in total. The minimum absolute atomic E-state index is 0.0000617. The number of carbonyl (C=O) groups is 2. The molecule has 0 aromatic carbocycles. The van der Waals surface area contributed by atoms with E-state index in [-0.39, 0.29) is 23.1 Å². The lowest BCUT2D eigenvalue weighted by Crippen LogP contribution is -2.40. The van der Waals surface area contributed by atoms with Crippen molar-refractivity contribution in [1.29, 1.82) is 0 Å². The Labute approximate surface area is 116 Å². The molecule has 0 spiro atoms. The van der Waals surface area contributed by atoms with Crippen molar-refractivity contribution in [3.05, 3.63) is 22.7 Å². The Balaban J connectivity index is 2.98. The molecule has 0 aliphatic heterocycles. The van der Waals surface area contributed by atoms with Crippen molar-refractivity contribution in [3.8, 4) is 0 Å². The largest absolute Gasteiger partial charge is 0.480 e. The maximum absolute atomic E-state index is 12.0. The first kappa shape index (κ1) is 15.4. The highest BCUT2D eigenvalue weighted by molar-refractivity contribution is 6.33. The minimum atomic E-state index is -1.09. The van der Waals surface area contributed by atoms with Crippen LogP contribution in [0.2, 0.25) is 5.02 Å². The molecule has 1 rings (SSSR count). The molecule has 104 valence electrons. The second-order valence-electron chi connectivity index (χ2n) is 4.35. The lowest BCUT2D eigenvalue weighted by atomic mass is 10.2. The van der Waals surface area contributed by atoms with E-state index in [1.54, 1.807) is 6.92 Å². The Bertz CT molecular complexity index is 491. The van der Waals surface area contributed by atoms with Crippen molar-refractivity contribution in [3.63, 3.8) is 0 Å². The molecule has 0 saturated carbocycles. The molecule has 0 aliphatic carbocycles. The summed E-state index contributed by atoms with van der Waals surface area (Å²) < 4.78 is 0. The molecule has 0 saturated heterocycles. The van der Waals surface area contributed by atoms with Gasteiger partial charge in [0.2, 0.25) is 0 Å². The van der Waals surface area contributed by atoms with Crippen molar-refractivity contribution < 1.29 is 14.7 Å². The average Bonchev–Trinajstić information content (AvgIpc) is 2.35. The van der Waals surface area contributed by atoms with Gasteiger partial charge in [-0.15, -0.1) is 0 Å². The Kier molecular flexibility index (Phi) is 5.23. The zero-order valence-electron chi connectivity index (χ0n) is 11.0. The van der Waals surface area contributed by atoms with Gasteiger partial charge in [-0.2, -0.15) is 0 Å². The summed E-state index contributed by atoms with van der Waals surface area (Å²) in [5.41, 5.74) is 0.0000617.